The summed E-state index contributed by atoms with van der Waals surface area (Å²) < 4.78 is 1.16. The molecule has 0 aliphatic carbocycles. The number of amides is 1. The molecule has 0 spiro atoms. The maximum absolute atomic E-state index is 11.7. The molecule has 1 amide bonds. The van der Waals surface area contributed by atoms with Gasteiger partial charge in [-0.15, -0.1) is 0 Å². The van der Waals surface area contributed by atoms with Gasteiger partial charge < -0.3 is 4.90 Å². The third-order valence-corrected chi connectivity index (χ3v) is 2.97. The fraction of sp³-hybridized carbons (Fsp3) is 0.154. The quantitative estimate of drug-likeness (QED) is 0.616. The minimum Gasteiger partial charge on any atom is -0.312 e. The number of nitrogens with zero attached hydrogens (tertiary/aromatic N) is 1. The fourth-order valence-corrected chi connectivity index (χ4v) is 1.60. The standard InChI is InChI=1S/C13H14INO/c1-9(2)13(16)15(4)10(3)11-5-7-12(14)8-6-11/h5-8H,1,3H2,2,4H3. The van der Waals surface area contributed by atoms with Gasteiger partial charge in [0.2, 0.25) is 0 Å². The van der Waals surface area contributed by atoms with Crippen molar-refractivity contribution in [1.29, 1.82) is 0 Å². The van der Waals surface area contributed by atoms with E-state index < -0.39 is 0 Å². The lowest BCUT2D eigenvalue weighted by molar-refractivity contribution is -0.122. The molecule has 3 heteroatoms. The van der Waals surface area contributed by atoms with E-state index in [4.69, 9.17) is 0 Å². The molecule has 1 rings (SSSR count). The molecule has 0 bridgehead atoms. The first-order valence-corrected chi connectivity index (χ1v) is 5.89. The van der Waals surface area contributed by atoms with Crippen molar-refractivity contribution in [3.05, 3.63) is 52.1 Å². The van der Waals surface area contributed by atoms with Gasteiger partial charge in [-0.05, 0) is 47.2 Å². The van der Waals surface area contributed by atoms with Crippen LogP contribution >= 0.6 is 22.6 Å². The van der Waals surface area contributed by atoms with Crippen LogP contribution in [0.5, 0.6) is 0 Å². The van der Waals surface area contributed by atoms with Gasteiger partial charge in [0.05, 0.1) is 0 Å². The molecule has 2 nitrogen and oxygen atoms in total. The van der Waals surface area contributed by atoms with Crippen LogP contribution in [0.3, 0.4) is 0 Å². The molecule has 0 fully saturated rings. The van der Waals surface area contributed by atoms with E-state index in [9.17, 15) is 4.79 Å². The largest absolute Gasteiger partial charge is 0.312 e. The Morgan fingerprint density at radius 3 is 2.19 bits per heavy atom. The van der Waals surface area contributed by atoms with Crippen LogP contribution < -0.4 is 0 Å². The summed E-state index contributed by atoms with van der Waals surface area (Å²) >= 11 is 2.24. The van der Waals surface area contributed by atoms with Crippen molar-refractivity contribution in [2.45, 2.75) is 6.92 Å². The Kier molecular flexibility index (Phi) is 4.29. The lowest BCUT2D eigenvalue weighted by Gasteiger charge is -2.20. The third-order valence-electron chi connectivity index (χ3n) is 2.25. The summed E-state index contributed by atoms with van der Waals surface area (Å²) in [5, 5.41) is 0. The van der Waals surface area contributed by atoms with Crippen LogP contribution in [0.4, 0.5) is 0 Å². The van der Waals surface area contributed by atoms with Crippen molar-refractivity contribution >= 4 is 34.2 Å². The maximum Gasteiger partial charge on any atom is 0.253 e. The number of rotatable bonds is 3. The highest BCUT2D eigenvalue weighted by atomic mass is 127. The van der Waals surface area contributed by atoms with Crippen LogP contribution in [-0.4, -0.2) is 17.9 Å². The van der Waals surface area contributed by atoms with Gasteiger partial charge in [-0.25, -0.2) is 0 Å². The lowest BCUT2D eigenvalue weighted by atomic mass is 10.1. The molecule has 0 unspecified atom stereocenters. The van der Waals surface area contributed by atoms with Crippen molar-refractivity contribution < 1.29 is 4.79 Å². The van der Waals surface area contributed by atoms with Gasteiger partial charge in [-0.2, -0.15) is 0 Å². The van der Waals surface area contributed by atoms with E-state index in [1.165, 1.54) is 4.90 Å². The molecule has 0 aromatic heterocycles. The molecular formula is C13H14INO. The van der Waals surface area contributed by atoms with E-state index in [-0.39, 0.29) is 5.91 Å². The average molecular weight is 327 g/mol. The van der Waals surface area contributed by atoms with Crippen molar-refractivity contribution in [1.82, 2.24) is 4.90 Å². The van der Waals surface area contributed by atoms with Gasteiger partial charge >= 0.3 is 0 Å². The zero-order valence-corrected chi connectivity index (χ0v) is 11.6. The normalized spacial score (nSPS) is 9.69. The Hall–Kier alpha value is -1.10. The number of hydrogen-bond acceptors (Lipinski definition) is 1. The zero-order chi connectivity index (χ0) is 12.3. The molecule has 0 aliphatic heterocycles. The molecule has 16 heavy (non-hydrogen) atoms. The van der Waals surface area contributed by atoms with E-state index in [1.54, 1.807) is 14.0 Å². The Labute approximate surface area is 110 Å². The zero-order valence-electron chi connectivity index (χ0n) is 9.46. The second-order valence-electron chi connectivity index (χ2n) is 3.60. The van der Waals surface area contributed by atoms with Crippen LogP contribution in [0.25, 0.3) is 5.70 Å². The summed E-state index contributed by atoms with van der Waals surface area (Å²) in [5.74, 6) is -0.108. The second kappa shape index (κ2) is 5.30. The van der Waals surface area contributed by atoms with E-state index in [0.29, 0.717) is 11.3 Å². The van der Waals surface area contributed by atoms with Gasteiger partial charge in [0, 0.05) is 21.9 Å². The van der Waals surface area contributed by atoms with Crippen molar-refractivity contribution in [2.75, 3.05) is 7.05 Å². The number of hydrogen-bond donors (Lipinski definition) is 0. The van der Waals surface area contributed by atoms with Crippen LogP contribution in [0.15, 0.2) is 43.0 Å². The smallest absolute Gasteiger partial charge is 0.253 e. The van der Waals surface area contributed by atoms with E-state index in [1.807, 2.05) is 24.3 Å². The summed E-state index contributed by atoms with van der Waals surface area (Å²) in [6, 6.07) is 7.87. The summed E-state index contributed by atoms with van der Waals surface area (Å²) in [7, 11) is 1.71. The number of carbonyl (C=O) groups is 1. The highest BCUT2D eigenvalue weighted by Crippen LogP contribution is 2.18. The molecule has 0 atom stereocenters. The minimum absolute atomic E-state index is 0.108. The average Bonchev–Trinajstić information content (AvgIpc) is 2.27. The van der Waals surface area contributed by atoms with Gasteiger partial charge in [0.15, 0.2) is 0 Å². The predicted molar refractivity (Wildman–Crippen MR) is 75.8 cm³/mol. The molecule has 0 aliphatic rings. The van der Waals surface area contributed by atoms with E-state index in [2.05, 4.69) is 35.7 Å². The van der Waals surface area contributed by atoms with Crippen LogP contribution in [-0.2, 0) is 4.79 Å². The molecule has 1 aromatic carbocycles. The molecule has 0 saturated carbocycles. The van der Waals surface area contributed by atoms with E-state index in [0.717, 1.165) is 9.13 Å². The monoisotopic (exact) mass is 327 g/mol. The number of halogens is 1. The third kappa shape index (κ3) is 2.95. The topological polar surface area (TPSA) is 20.3 Å². The highest BCUT2D eigenvalue weighted by Gasteiger charge is 2.13. The van der Waals surface area contributed by atoms with Crippen LogP contribution in [0.2, 0.25) is 0 Å². The van der Waals surface area contributed by atoms with E-state index >= 15 is 0 Å². The van der Waals surface area contributed by atoms with Gasteiger partial charge in [0.1, 0.15) is 0 Å². The molecule has 0 N–H and O–H groups in total. The van der Waals surface area contributed by atoms with Gasteiger partial charge in [-0.3, -0.25) is 4.79 Å². The molecule has 0 saturated heterocycles. The molecule has 1 aromatic rings. The SMILES string of the molecule is C=C(C)C(=O)N(C)C(=C)c1ccc(I)cc1. The first-order chi connectivity index (χ1) is 7.43. The number of carbonyl (C=O) groups excluding carboxylic acids is 1. The minimum atomic E-state index is -0.108. The molecule has 0 radical (unpaired) electrons. The molecule has 0 heterocycles. The first kappa shape index (κ1) is 13.0. The van der Waals surface area contributed by atoms with Crippen molar-refractivity contribution in [3.63, 3.8) is 0 Å². The van der Waals surface area contributed by atoms with Gasteiger partial charge in [-0.1, -0.05) is 25.3 Å². The van der Waals surface area contributed by atoms with Crippen LogP contribution in [0.1, 0.15) is 12.5 Å². The molecular weight excluding hydrogens is 313 g/mol. The summed E-state index contributed by atoms with van der Waals surface area (Å²) in [6.07, 6.45) is 0. The summed E-state index contributed by atoms with van der Waals surface area (Å²) in [4.78, 5) is 13.2. The number of benzene rings is 1. The second-order valence-corrected chi connectivity index (χ2v) is 4.84. The Morgan fingerprint density at radius 1 is 1.25 bits per heavy atom. The highest BCUT2D eigenvalue weighted by molar-refractivity contribution is 14.1. The van der Waals surface area contributed by atoms with Crippen molar-refractivity contribution in [2.24, 2.45) is 0 Å². The Bertz CT molecular complexity index is 434. The number of likely N-dealkylation sites (N-methyl/N-ethyl adjacent to an activating group) is 1. The maximum atomic E-state index is 11.7. The van der Waals surface area contributed by atoms with Crippen molar-refractivity contribution in [3.8, 4) is 0 Å². The molecule has 84 valence electrons. The summed E-state index contributed by atoms with van der Waals surface area (Å²) in [6.45, 7) is 9.25. The lowest BCUT2D eigenvalue weighted by Crippen LogP contribution is -2.25. The Balaban J connectivity index is 2.90. The summed E-state index contributed by atoms with van der Waals surface area (Å²) in [5.41, 5.74) is 2.14. The predicted octanol–water partition coefficient (Wildman–Crippen LogP) is 3.30. The Morgan fingerprint density at radius 2 is 1.75 bits per heavy atom. The first-order valence-electron chi connectivity index (χ1n) is 4.82. The van der Waals surface area contributed by atoms with Gasteiger partial charge in [0.25, 0.3) is 5.91 Å². The van der Waals surface area contributed by atoms with Crippen LogP contribution in [0, 0.1) is 3.57 Å². The fourth-order valence-electron chi connectivity index (χ4n) is 1.24.